The molecule has 0 saturated heterocycles. The van der Waals surface area contributed by atoms with Crippen molar-refractivity contribution in [2.75, 3.05) is 5.75 Å². The maximum Gasteiger partial charge on any atom is 0.147 e. The van der Waals surface area contributed by atoms with Gasteiger partial charge in [-0.2, -0.15) is 0 Å². The van der Waals surface area contributed by atoms with Gasteiger partial charge in [0.25, 0.3) is 0 Å². The molecule has 2 aromatic carbocycles. The zero-order valence-electron chi connectivity index (χ0n) is 11.0. The Labute approximate surface area is 130 Å². The lowest BCUT2D eigenvalue weighted by atomic mass is 10.1. The summed E-state index contributed by atoms with van der Waals surface area (Å²) in [5.74, 6) is 0.0447. The van der Waals surface area contributed by atoms with Gasteiger partial charge in [-0.05, 0) is 36.8 Å². The van der Waals surface area contributed by atoms with E-state index < -0.39 is 0 Å². The molecule has 2 aromatic rings. The van der Waals surface area contributed by atoms with Crippen LogP contribution in [0, 0.1) is 12.7 Å². The molecule has 0 heterocycles. The van der Waals surface area contributed by atoms with Gasteiger partial charge in [0, 0.05) is 15.8 Å². The molecule has 0 saturated carbocycles. The lowest BCUT2D eigenvalue weighted by Gasteiger charge is -2.04. The topological polar surface area (TPSA) is 17.1 Å². The summed E-state index contributed by atoms with van der Waals surface area (Å²) in [4.78, 5) is 12.9. The van der Waals surface area contributed by atoms with Crippen LogP contribution in [0.5, 0.6) is 0 Å². The fraction of sp³-hybridized carbons (Fsp3) is 0.188. The predicted octanol–water partition coefficient (Wildman–Crippen LogP) is 4.80. The quantitative estimate of drug-likeness (QED) is 0.719. The highest BCUT2D eigenvalue weighted by atomic mass is 79.9. The minimum absolute atomic E-state index is 0.0248. The largest absolute Gasteiger partial charge is 0.298 e. The van der Waals surface area contributed by atoms with Gasteiger partial charge in [-0.3, -0.25) is 4.79 Å². The minimum Gasteiger partial charge on any atom is -0.298 e. The van der Waals surface area contributed by atoms with E-state index in [4.69, 9.17) is 0 Å². The maximum atomic E-state index is 13.6. The summed E-state index contributed by atoms with van der Waals surface area (Å²) < 4.78 is 14.3. The van der Waals surface area contributed by atoms with Crippen molar-refractivity contribution in [2.45, 2.75) is 18.2 Å². The Hall–Kier alpha value is -1.13. The van der Waals surface area contributed by atoms with Gasteiger partial charge >= 0.3 is 0 Å². The number of carbonyl (C=O) groups is 1. The number of hydrogen-bond donors (Lipinski definition) is 0. The maximum absolute atomic E-state index is 13.6. The highest BCUT2D eigenvalue weighted by Crippen LogP contribution is 2.20. The number of thioether (sulfide) groups is 1. The van der Waals surface area contributed by atoms with Crippen molar-refractivity contribution in [3.05, 3.63) is 63.9 Å². The fourth-order valence-electron chi connectivity index (χ4n) is 1.73. The van der Waals surface area contributed by atoms with E-state index in [1.807, 2.05) is 31.2 Å². The van der Waals surface area contributed by atoms with E-state index >= 15 is 0 Å². The second-order valence-corrected chi connectivity index (χ2v) is 6.52. The molecule has 1 nitrogen and oxygen atoms in total. The molecular formula is C16H14BrFOS. The van der Waals surface area contributed by atoms with Gasteiger partial charge in [0.1, 0.15) is 11.6 Å². The molecule has 0 N–H and O–H groups in total. The van der Waals surface area contributed by atoms with Crippen molar-refractivity contribution in [2.24, 2.45) is 0 Å². The van der Waals surface area contributed by atoms with Crippen LogP contribution in [-0.2, 0) is 11.2 Å². The van der Waals surface area contributed by atoms with Crippen LogP contribution in [0.1, 0.15) is 11.1 Å². The summed E-state index contributed by atoms with van der Waals surface area (Å²) >= 11 is 4.68. The molecular weight excluding hydrogens is 339 g/mol. The monoisotopic (exact) mass is 352 g/mol. The van der Waals surface area contributed by atoms with E-state index in [-0.39, 0.29) is 18.0 Å². The first-order valence-corrected chi connectivity index (χ1v) is 7.97. The minimum atomic E-state index is -0.340. The summed E-state index contributed by atoms with van der Waals surface area (Å²) in [5, 5.41) is 0. The van der Waals surface area contributed by atoms with Crippen molar-refractivity contribution < 1.29 is 9.18 Å². The van der Waals surface area contributed by atoms with Crippen LogP contribution in [0.2, 0.25) is 0 Å². The smallest absolute Gasteiger partial charge is 0.147 e. The summed E-state index contributed by atoms with van der Waals surface area (Å²) in [6.07, 6.45) is 0.137. The zero-order valence-corrected chi connectivity index (χ0v) is 13.4. The molecule has 0 aliphatic rings. The number of hydrogen-bond acceptors (Lipinski definition) is 2. The highest BCUT2D eigenvalue weighted by Gasteiger charge is 2.09. The Bertz CT molecular complexity index is 610. The lowest BCUT2D eigenvalue weighted by molar-refractivity contribution is -0.116. The normalized spacial score (nSPS) is 10.6. The number of Topliss-reactive ketones (excluding diaryl/α,β-unsaturated/α-hetero) is 1. The molecule has 0 aliphatic heterocycles. The SMILES string of the molecule is Cc1ccc(SCC(=O)Cc2ccc(Br)cc2F)cc1. The number of carbonyl (C=O) groups excluding carboxylic acids is 1. The van der Waals surface area contributed by atoms with E-state index in [1.165, 1.54) is 23.4 Å². The number of halogens is 2. The van der Waals surface area contributed by atoms with Gasteiger partial charge in [-0.15, -0.1) is 11.8 Å². The zero-order chi connectivity index (χ0) is 14.5. The Morgan fingerprint density at radius 2 is 1.90 bits per heavy atom. The Kier molecular flexibility index (Phi) is 5.38. The van der Waals surface area contributed by atoms with E-state index in [0.29, 0.717) is 15.8 Å². The molecule has 20 heavy (non-hydrogen) atoms. The van der Waals surface area contributed by atoms with Crippen molar-refractivity contribution in [1.82, 2.24) is 0 Å². The third-order valence-corrected chi connectivity index (χ3v) is 4.39. The van der Waals surface area contributed by atoms with Crippen molar-refractivity contribution >= 4 is 33.5 Å². The summed E-state index contributed by atoms with van der Waals surface area (Å²) in [5.41, 5.74) is 1.64. The molecule has 0 unspecified atom stereocenters. The molecule has 0 radical (unpaired) electrons. The van der Waals surface area contributed by atoms with Gasteiger partial charge in [-0.1, -0.05) is 39.7 Å². The second-order valence-electron chi connectivity index (χ2n) is 4.55. The predicted molar refractivity (Wildman–Crippen MR) is 84.7 cm³/mol. The Morgan fingerprint density at radius 3 is 2.55 bits per heavy atom. The average Bonchev–Trinajstić information content (AvgIpc) is 2.41. The number of aryl methyl sites for hydroxylation is 1. The molecule has 0 aromatic heterocycles. The van der Waals surface area contributed by atoms with Gasteiger partial charge < -0.3 is 0 Å². The van der Waals surface area contributed by atoms with Crippen molar-refractivity contribution in [3.8, 4) is 0 Å². The van der Waals surface area contributed by atoms with Crippen LogP contribution in [0.25, 0.3) is 0 Å². The molecule has 0 bridgehead atoms. The lowest BCUT2D eigenvalue weighted by Crippen LogP contribution is -2.07. The van der Waals surface area contributed by atoms with Crippen molar-refractivity contribution in [3.63, 3.8) is 0 Å². The van der Waals surface area contributed by atoms with Crippen LogP contribution in [0.4, 0.5) is 4.39 Å². The molecule has 104 valence electrons. The van der Waals surface area contributed by atoms with E-state index in [2.05, 4.69) is 15.9 Å². The van der Waals surface area contributed by atoms with Crippen LogP contribution in [-0.4, -0.2) is 11.5 Å². The molecule has 0 amide bonds. The molecule has 0 fully saturated rings. The van der Waals surface area contributed by atoms with E-state index in [1.54, 1.807) is 12.1 Å². The van der Waals surface area contributed by atoms with E-state index in [9.17, 15) is 9.18 Å². The van der Waals surface area contributed by atoms with Crippen LogP contribution in [0.3, 0.4) is 0 Å². The standard InChI is InChI=1S/C16H14BrFOS/c1-11-2-6-15(7-3-11)20-10-14(19)8-12-4-5-13(17)9-16(12)18/h2-7,9H,8,10H2,1H3. The third-order valence-electron chi connectivity index (χ3n) is 2.82. The first-order chi connectivity index (χ1) is 9.54. The number of ketones is 1. The fourth-order valence-corrected chi connectivity index (χ4v) is 2.82. The number of benzene rings is 2. The molecule has 2 rings (SSSR count). The first-order valence-electron chi connectivity index (χ1n) is 6.19. The average molecular weight is 353 g/mol. The Balaban J connectivity index is 1.90. The van der Waals surface area contributed by atoms with Crippen LogP contribution in [0.15, 0.2) is 51.8 Å². The summed E-state index contributed by atoms with van der Waals surface area (Å²) in [6, 6.07) is 12.8. The number of rotatable bonds is 5. The molecule has 4 heteroatoms. The highest BCUT2D eigenvalue weighted by molar-refractivity contribution is 9.10. The summed E-state index contributed by atoms with van der Waals surface area (Å²) in [7, 11) is 0. The van der Waals surface area contributed by atoms with Gasteiger partial charge in [0.15, 0.2) is 0 Å². The van der Waals surface area contributed by atoms with Gasteiger partial charge in [0.2, 0.25) is 0 Å². The summed E-state index contributed by atoms with van der Waals surface area (Å²) in [6.45, 7) is 2.02. The van der Waals surface area contributed by atoms with Gasteiger partial charge in [-0.25, -0.2) is 4.39 Å². The first kappa shape index (κ1) is 15.3. The van der Waals surface area contributed by atoms with Gasteiger partial charge in [0.05, 0.1) is 5.75 Å². The van der Waals surface area contributed by atoms with Crippen LogP contribution >= 0.6 is 27.7 Å². The van der Waals surface area contributed by atoms with E-state index in [0.717, 1.165) is 4.90 Å². The van der Waals surface area contributed by atoms with Crippen molar-refractivity contribution in [1.29, 1.82) is 0 Å². The molecule has 0 spiro atoms. The molecule has 0 aliphatic carbocycles. The Morgan fingerprint density at radius 1 is 1.20 bits per heavy atom. The molecule has 0 atom stereocenters. The van der Waals surface area contributed by atoms with Crippen LogP contribution < -0.4 is 0 Å². The third kappa shape index (κ3) is 4.46. The second kappa shape index (κ2) is 7.04.